The summed E-state index contributed by atoms with van der Waals surface area (Å²) in [7, 11) is 1.87. The highest BCUT2D eigenvalue weighted by Crippen LogP contribution is 2.40. The Labute approximate surface area is 172 Å². The van der Waals surface area contributed by atoms with Gasteiger partial charge in [-0.2, -0.15) is 5.10 Å². The molecule has 1 aromatic carbocycles. The Morgan fingerprint density at radius 1 is 1.13 bits per heavy atom. The summed E-state index contributed by atoms with van der Waals surface area (Å²) in [6, 6.07) is 4.38. The number of phenols is 1. The van der Waals surface area contributed by atoms with Crippen molar-refractivity contribution in [3.05, 3.63) is 43.0 Å². The van der Waals surface area contributed by atoms with Crippen molar-refractivity contribution in [1.29, 1.82) is 0 Å². The van der Waals surface area contributed by atoms with Crippen molar-refractivity contribution in [1.82, 2.24) is 25.5 Å². The zero-order valence-corrected chi connectivity index (χ0v) is 16.4. The minimum atomic E-state index is -2.64. The average molecular weight is 412 g/mol. The van der Waals surface area contributed by atoms with Crippen molar-refractivity contribution < 1.29 is 13.9 Å². The normalized spacial score (nSPS) is 24.7. The van der Waals surface area contributed by atoms with E-state index in [2.05, 4.69) is 25.5 Å². The zero-order valence-electron chi connectivity index (χ0n) is 16.4. The van der Waals surface area contributed by atoms with Gasteiger partial charge >= 0.3 is 0 Å². The molecule has 0 saturated carbocycles. The molecule has 3 atom stereocenters. The van der Waals surface area contributed by atoms with E-state index in [4.69, 9.17) is 0 Å². The van der Waals surface area contributed by atoms with Crippen LogP contribution in [0.25, 0.3) is 22.4 Å². The topological polar surface area (TPSA) is 90.0 Å². The van der Waals surface area contributed by atoms with Crippen LogP contribution in [0.5, 0.6) is 5.75 Å². The number of phenolic OH excluding ortho intramolecular Hbond substituents is 1. The third-order valence-corrected chi connectivity index (χ3v) is 6.18. The number of halogens is 2. The number of alkyl halides is 2. The van der Waals surface area contributed by atoms with Crippen molar-refractivity contribution >= 4 is 5.82 Å². The number of aromatic amines is 1. The Kier molecular flexibility index (Phi) is 4.43. The number of benzene rings is 1. The van der Waals surface area contributed by atoms with Crippen LogP contribution in [0.4, 0.5) is 14.6 Å². The van der Waals surface area contributed by atoms with Gasteiger partial charge in [-0.25, -0.2) is 13.8 Å². The maximum absolute atomic E-state index is 14.0. The zero-order chi connectivity index (χ0) is 20.9. The molecule has 30 heavy (non-hydrogen) atoms. The van der Waals surface area contributed by atoms with Crippen LogP contribution in [0, 0.1) is 0 Å². The van der Waals surface area contributed by atoms with Crippen LogP contribution in [-0.4, -0.2) is 56.4 Å². The number of anilines is 1. The molecule has 2 bridgehead atoms. The van der Waals surface area contributed by atoms with E-state index in [1.54, 1.807) is 36.9 Å². The lowest BCUT2D eigenvalue weighted by Crippen LogP contribution is -2.49. The first-order valence-corrected chi connectivity index (χ1v) is 9.92. The molecule has 0 aliphatic carbocycles. The minimum Gasteiger partial charge on any atom is -0.507 e. The summed E-state index contributed by atoms with van der Waals surface area (Å²) < 4.78 is 28.0. The van der Waals surface area contributed by atoms with Crippen molar-refractivity contribution in [2.45, 2.75) is 43.3 Å². The summed E-state index contributed by atoms with van der Waals surface area (Å²) in [5.41, 5.74) is 2.83. The van der Waals surface area contributed by atoms with Crippen LogP contribution in [0.15, 0.2) is 43.0 Å². The monoisotopic (exact) mass is 412 g/mol. The van der Waals surface area contributed by atoms with Gasteiger partial charge < -0.3 is 15.3 Å². The molecule has 156 valence electrons. The SMILES string of the molecule is CN(c1cnc(-c2ccc(-c3cn[nH]c3)cc2O)cn1)[C@@H]1CC2CC(F)(F)C(C1)N2. The molecule has 2 aliphatic heterocycles. The van der Waals surface area contributed by atoms with Gasteiger partial charge in [-0.15, -0.1) is 0 Å². The molecule has 5 rings (SSSR count). The van der Waals surface area contributed by atoms with Crippen LogP contribution >= 0.6 is 0 Å². The van der Waals surface area contributed by atoms with E-state index < -0.39 is 12.0 Å². The number of rotatable bonds is 4. The lowest BCUT2D eigenvalue weighted by Gasteiger charge is -2.36. The van der Waals surface area contributed by atoms with Gasteiger partial charge in [0.25, 0.3) is 5.92 Å². The van der Waals surface area contributed by atoms with E-state index in [1.807, 2.05) is 18.0 Å². The molecule has 0 spiro atoms. The highest BCUT2D eigenvalue weighted by atomic mass is 19.3. The first-order valence-electron chi connectivity index (χ1n) is 9.92. The molecule has 7 nitrogen and oxygen atoms in total. The number of nitrogens with one attached hydrogen (secondary N) is 2. The second kappa shape index (κ2) is 7.02. The molecule has 9 heteroatoms. The van der Waals surface area contributed by atoms with Gasteiger partial charge in [0.15, 0.2) is 0 Å². The number of nitrogens with zero attached hydrogens (tertiary/aromatic N) is 4. The van der Waals surface area contributed by atoms with Gasteiger partial charge in [-0.05, 0) is 30.5 Å². The number of aromatic hydroxyl groups is 1. The van der Waals surface area contributed by atoms with E-state index in [-0.39, 0.29) is 24.3 Å². The van der Waals surface area contributed by atoms with Crippen LogP contribution in [0.1, 0.15) is 19.3 Å². The van der Waals surface area contributed by atoms with Gasteiger partial charge in [-0.3, -0.25) is 10.1 Å². The Balaban J connectivity index is 1.33. The third kappa shape index (κ3) is 3.28. The maximum atomic E-state index is 14.0. The molecule has 2 fully saturated rings. The molecule has 4 heterocycles. The fourth-order valence-corrected chi connectivity index (χ4v) is 4.51. The quantitative estimate of drug-likeness (QED) is 0.610. The Morgan fingerprint density at radius 3 is 2.67 bits per heavy atom. The third-order valence-electron chi connectivity index (χ3n) is 6.18. The summed E-state index contributed by atoms with van der Waals surface area (Å²) in [6.45, 7) is 0. The molecule has 2 aromatic heterocycles. The van der Waals surface area contributed by atoms with Crippen molar-refractivity contribution in [2.24, 2.45) is 0 Å². The van der Waals surface area contributed by atoms with E-state index in [9.17, 15) is 13.9 Å². The smallest absolute Gasteiger partial charge is 0.264 e. The van der Waals surface area contributed by atoms with Gasteiger partial charge in [0.1, 0.15) is 11.6 Å². The fraction of sp³-hybridized carbons (Fsp3) is 0.381. The summed E-state index contributed by atoms with van der Waals surface area (Å²) in [5, 5.41) is 20.1. The fourth-order valence-electron chi connectivity index (χ4n) is 4.51. The molecular weight excluding hydrogens is 390 g/mol. The second-order valence-electron chi connectivity index (χ2n) is 8.10. The van der Waals surface area contributed by atoms with Crippen molar-refractivity contribution in [2.75, 3.05) is 11.9 Å². The number of fused-ring (bicyclic) bond motifs is 2. The number of H-pyrrole nitrogens is 1. The van der Waals surface area contributed by atoms with Crippen molar-refractivity contribution in [3.63, 3.8) is 0 Å². The van der Waals surface area contributed by atoms with Crippen molar-refractivity contribution in [3.8, 4) is 28.1 Å². The van der Waals surface area contributed by atoms with Crippen LogP contribution in [-0.2, 0) is 0 Å². The minimum absolute atomic E-state index is 0.0163. The van der Waals surface area contributed by atoms with Crippen LogP contribution in [0.3, 0.4) is 0 Å². The van der Waals surface area contributed by atoms with Crippen LogP contribution < -0.4 is 10.2 Å². The van der Waals surface area contributed by atoms with Crippen LogP contribution in [0.2, 0.25) is 0 Å². The number of hydrogen-bond donors (Lipinski definition) is 3. The molecule has 2 aliphatic rings. The standard InChI is InChI=1S/C21H22F2N6O/c1-29(15-5-14-7-21(22,23)19(6-15)28-14)20-11-24-17(10-25-20)16-3-2-12(4-18(16)30)13-8-26-27-9-13/h2-4,8-11,14-15,19,28,30H,5-7H2,1H3,(H,26,27)/t14?,15-,19?/m1/s1. The largest absolute Gasteiger partial charge is 0.507 e. The van der Waals surface area contributed by atoms with Gasteiger partial charge in [0.2, 0.25) is 0 Å². The number of piperidine rings is 1. The Bertz CT molecular complexity index is 1040. The number of hydrogen-bond acceptors (Lipinski definition) is 6. The van der Waals surface area contributed by atoms with Gasteiger partial charge in [-0.1, -0.05) is 6.07 Å². The molecule has 0 radical (unpaired) electrons. The summed E-state index contributed by atoms with van der Waals surface area (Å²) in [5.74, 6) is -1.92. The molecule has 0 amide bonds. The van der Waals surface area contributed by atoms with Gasteiger partial charge in [0.05, 0.1) is 30.3 Å². The summed E-state index contributed by atoms with van der Waals surface area (Å²) in [4.78, 5) is 10.9. The highest BCUT2D eigenvalue weighted by Gasteiger charge is 2.53. The predicted molar refractivity (Wildman–Crippen MR) is 108 cm³/mol. The van der Waals surface area contributed by atoms with E-state index in [1.165, 1.54) is 0 Å². The summed E-state index contributed by atoms with van der Waals surface area (Å²) in [6.07, 6.45) is 7.59. The predicted octanol–water partition coefficient (Wildman–Crippen LogP) is 3.20. The Hall–Kier alpha value is -3.07. The highest BCUT2D eigenvalue weighted by molar-refractivity contribution is 5.73. The van der Waals surface area contributed by atoms with Gasteiger partial charge in [0, 0.05) is 42.9 Å². The molecule has 3 aromatic rings. The molecule has 2 unspecified atom stereocenters. The molecular formula is C21H22F2N6O. The van der Waals surface area contributed by atoms with E-state index in [0.717, 1.165) is 11.1 Å². The first kappa shape index (κ1) is 18.9. The second-order valence-corrected chi connectivity index (χ2v) is 8.10. The van der Waals surface area contributed by atoms with E-state index in [0.29, 0.717) is 29.9 Å². The average Bonchev–Trinajstić information content (AvgIpc) is 3.34. The lowest BCUT2D eigenvalue weighted by atomic mass is 9.98. The number of aromatic nitrogens is 4. The lowest BCUT2D eigenvalue weighted by molar-refractivity contribution is -0.0128. The maximum Gasteiger partial charge on any atom is 0.264 e. The molecule has 3 N–H and O–H groups in total. The first-order chi connectivity index (χ1) is 14.4. The summed E-state index contributed by atoms with van der Waals surface area (Å²) >= 11 is 0. The molecule has 2 saturated heterocycles. The Morgan fingerprint density at radius 2 is 2.00 bits per heavy atom. The van der Waals surface area contributed by atoms with E-state index >= 15 is 0 Å².